The summed E-state index contributed by atoms with van der Waals surface area (Å²) >= 11 is 0. The number of carbonyl (C=O) groups is 2. The molecule has 2 aromatic carbocycles. The first kappa shape index (κ1) is 19.8. The Labute approximate surface area is 173 Å². The monoisotopic (exact) mass is 411 g/mol. The number of imide groups is 1. The zero-order chi connectivity index (χ0) is 21.3. The van der Waals surface area contributed by atoms with E-state index in [1.807, 2.05) is 0 Å². The normalized spacial score (nSPS) is 20.0. The number of quaternary nitrogens is 1. The van der Waals surface area contributed by atoms with E-state index >= 15 is 0 Å². The molecule has 156 valence electrons. The molecule has 0 spiro atoms. The molecule has 2 amide bonds. The summed E-state index contributed by atoms with van der Waals surface area (Å²) < 4.78 is 5.14. The number of methoxy groups -OCH3 is 1. The van der Waals surface area contributed by atoms with Crippen molar-refractivity contribution >= 4 is 28.9 Å². The molecular weight excluding hydrogens is 388 g/mol. The van der Waals surface area contributed by atoms with E-state index in [1.54, 1.807) is 43.5 Å². The fourth-order valence-corrected chi connectivity index (χ4v) is 4.14. The highest BCUT2D eigenvalue weighted by Crippen LogP contribution is 2.25. The molecule has 2 aromatic rings. The maximum absolute atomic E-state index is 13.0. The lowest BCUT2D eigenvalue weighted by atomic mass is 10.1. The molecule has 2 saturated heterocycles. The molecule has 0 aliphatic carbocycles. The quantitative estimate of drug-likeness (QED) is 0.441. The SMILES string of the molecule is COc1ccc(N2C(=O)C[C@H]([NH+]3CCN(c4ccc([N+](=O)[O-])cc4)CC3)C2=O)cc1. The van der Waals surface area contributed by atoms with Gasteiger partial charge in [-0.05, 0) is 36.4 Å². The highest BCUT2D eigenvalue weighted by Gasteiger charge is 2.46. The van der Waals surface area contributed by atoms with E-state index in [1.165, 1.54) is 17.0 Å². The fourth-order valence-electron chi connectivity index (χ4n) is 4.14. The minimum atomic E-state index is -0.414. The number of amides is 2. The molecule has 30 heavy (non-hydrogen) atoms. The lowest BCUT2D eigenvalue weighted by Crippen LogP contribution is -3.19. The van der Waals surface area contributed by atoms with Gasteiger partial charge >= 0.3 is 0 Å². The molecule has 0 aromatic heterocycles. The van der Waals surface area contributed by atoms with Gasteiger partial charge in [-0.3, -0.25) is 19.7 Å². The van der Waals surface area contributed by atoms with Crippen LogP contribution in [0.25, 0.3) is 0 Å². The topological polar surface area (TPSA) is 97.4 Å². The molecule has 4 rings (SSSR count). The average Bonchev–Trinajstić information content (AvgIpc) is 3.08. The van der Waals surface area contributed by atoms with Crippen LogP contribution in [0.2, 0.25) is 0 Å². The molecule has 2 aliphatic heterocycles. The second-order valence-electron chi connectivity index (χ2n) is 7.44. The summed E-state index contributed by atoms with van der Waals surface area (Å²) in [6.45, 7) is 2.87. The molecule has 0 radical (unpaired) electrons. The summed E-state index contributed by atoms with van der Waals surface area (Å²) in [5.74, 6) is 0.326. The van der Waals surface area contributed by atoms with Crippen LogP contribution in [0.15, 0.2) is 48.5 Å². The van der Waals surface area contributed by atoms with Crippen LogP contribution in [-0.4, -0.2) is 56.1 Å². The number of non-ortho nitro benzene ring substituents is 1. The summed E-state index contributed by atoms with van der Waals surface area (Å²) in [6.07, 6.45) is 0.206. The Bertz CT molecular complexity index is 952. The van der Waals surface area contributed by atoms with Crippen molar-refractivity contribution in [1.82, 2.24) is 0 Å². The average molecular weight is 411 g/mol. The number of hydrogen-bond acceptors (Lipinski definition) is 6. The fraction of sp³-hybridized carbons (Fsp3) is 0.333. The molecule has 1 N–H and O–H groups in total. The standard InChI is InChI=1S/C21H22N4O5/c1-30-18-8-6-16(7-9-18)24-20(26)14-19(21(24)27)23-12-10-22(11-13-23)15-2-4-17(5-3-15)25(28)29/h2-9,19H,10-14H2,1H3/p+1/t19-/m0/s1. The highest BCUT2D eigenvalue weighted by atomic mass is 16.6. The Morgan fingerprint density at radius 3 is 2.17 bits per heavy atom. The van der Waals surface area contributed by atoms with Crippen LogP contribution in [-0.2, 0) is 9.59 Å². The van der Waals surface area contributed by atoms with Crippen LogP contribution in [0.4, 0.5) is 17.1 Å². The van der Waals surface area contributed by atoms with Gasteiger partial charge in [-0.15, -0.1) is 0 Å². The maximum Gasteiger partial charge on any atom is 0.292 e. The van der Waals surface area contributed by atoms with E-state index in [0.29, 0.717) is 24.5 Å². The first-order chi connectivity index (χ1) is 14.5. The summed E-state index contributed by atoms with van der Waals surface area (Å²) in [6, 6.07) is 13.0. The Morgan fingerprint density at radius 1 is 1.00 bits per heavy atom. The summed E-state index contributed by atoms with van der Waals surface area (Å²) in [4.78, 5) is 40.5. The van der Waals surface area contributed by atoms with Crippen molar-refractivity contribution in [3.05, 3.63) is 58.6 Å². The van der Waals surface area contributed by atoms with Gasteiger partial charge in [0.2, 0.25) is 5.91 Å². The van der Waals surface area contributed by atoms with Crippen LogP contribution in [0.5, 0.6) is 5.75 Å². The van der Waals surface area contributed by atoms with E-state index in [9.17, 15) is 19.7 Å². The number of nitrogens with one attached hydrogen (secondary N) is 1. The summed E-state index contributed by atoms with van der Waals surface area (Å²) in [5.41, 5.74) is 1.56. The lowest BCUT2D eigenvalue weighted by molar-refractivity contribution is -0.915. The second kappa shape index (κ2) is 8.11. The van der Waals surface area contributed by atoms with Crippen LogP contribution in [0.3, 0.4) is 0 Å². The Balaban J connectivity index is 1.40. The van der Waals surface area contributed by atoms with Crippen LogP contribution in [0.1, 0.15) is 6.42 Å². The zero-order valence-corrected chi connectivity index (χ0v) is 16.6. The van der Waals surface area contributed by atoms with Gasteiger partial charge in [0.25, 0.3) is 11.6 Å². The molecule has 0 unspecified atom stereocenters. The number of benzene rings is 2. The molecule has 0 bridgehead atoms. The first-order valence-electron chi connectivity index (χ1n) is 9.83. The molecule has 0 saturated carbocycles. The smallest absolute Gasteiger partial charge is 0.292 e. The lowest BCUT2D eigenvalue weighted by Gasteiger charge is -2.35. The summed E-state index contributed by atoms with van der Waals surface area (Å²) in [5, 5.41) is 10.8. The molecular formula is C21H23N4O5+. The van der Waals surface area contributed by atoms with Crippen LogP contribution < -0.4 is 19.4 Å². The third kappa shape index (κ3) is 3.71. The van der Waals surface area contributed by atoms with Gasteiger partial charge in [0.1, 0.15) is 5.75 Å². The number of nitro groups is 1. The third-order valence-electron chi connectivity index (χ3n) is 5.80. The maximum atomic E-state index is 13.0. The van der Waals surface area contributed by atoms with Crippen molar-refractivity contribution in [3.8, 4) is 5.75 Å². The van der Waals surface area contributed by atoms with Gasteiger partial charge < -0.3 is 14.5 Å². The Kier molecular flexibility index (Phi) is 5.37. The first-order valence-corrected chi connectivity index (χ1v) is 9.83. The van der Waals surface area contributed by atoms with Crippen molar-refractivity contribution in [1.29, 1.82) is 0 Å². The number of nitrogens with zero attached hydrogens (tertiary/aromatic N) is 3. The van der Waals surface area contributed by atoms with Gasteiger partial charge in [-0.1, -0.05) is 0 Å². The number of nitro benzene ring substituents is 1. The molecule has 1 atom stereocenters. The van der Waals surface area contributed by atoms with E-state index in [0.717, 1.165) is 23.7 Å². The number of anilines is 2. The van der Waals surface area contributed by atoms with Crippen LogP contribution in [0, 0.1) is 10.1 Å². The minimum absolute atomic E-state index is 0.0664. The number of ether oxygens (including phenoxy) is 1. The second-order valence-corrected chi connectivity index (χ2v) is 7.44. The molecule has 9 nitrogen and oxygen atoms in total. The minimum Gasteiger partial charge on any atom is -0.497 e. The molecule has 2 heterocycles. The highest BCUT2D eigenvalue weighted by molar-refractivity contribution is 6.21. The van der Waals surface area contributed by atoms with Crippen molar-refractivity contribution in [2.75, 3.05) is 43.1 Å². The summed E-state index contributed by atoms with van der Waals surface area (Å²) in [7, 11) is 1.57. The van der Waals surface area contributed by atoms with E-state index in [4.69, 9.17) is 4.74 Å². The predicted molar refractivity (Wildman–Crippen MR) is 110 cm³/mol. The van der Waals surface area contributed by atoms with Crippen molar-refractivity contribution in [2.24, 2.45) is 0 Å². The predicted octanol–water partition coefficient (Wildman–Crippen LogP) is 0.640. The molecule has 2 fully saturated rings. The van der Waals surface area contributed by atoms with Crippen molar-refractivity contribution in [3.63, 3.8) is 0 Å². The Hall–Kier alpha value is -3.46. The van der Waals surface area contributed by atoms with Gasteiger partial charge in [-0.2, -0.15) is 0 Å². The zero-order valence-electron chi connectivity index (χ0n) is 16.6. The van der Waals surface area contributed by atoms with Crippen molar-refractivity contribution < 1.29 is 24.1 Å². The molecule has 9 heteroatoms. The van der Waals surface area contributed by atoms with Gasteiger partial charge in [0, 0.05) is 17.8 Å². The number of carbonyl (C=O) groups excluding carboxylic acids is 2. The van der Waals surface area contributed by atoms with Crippen LogP contribution >= 0.6 is 0 Å². The number of piperazine rings is 1. The largest absolute Gasteiger partial charge is 0.497 e. The third-order valence-corrected chi connectivity index (χ3v) is 5.80. The van der Waals surface area contributed by atoms with E-state index in [2.05, 4.69) is 4.90 Å². The van der Waals surface area contributed by atoms with Gasteiger partial charge in [-0.25, -0.2) is 4.90 Å². The van der Waals surface area contributed by atoms with Crippen molar-refractivity contribution in [2.45, 2.75) is 12.5 Å². The van der Waals surface area contributed by atoms with E-state index in [-0.39, 0.29) is 30.0 Å². The number of hydrogen-bond donors (Lipinski definition) is 1. The van der Waals surface area contributed by atoms with Gasteiger partial charge in [0.05, 0.1) is 50.3 Å². The van der Waals surface area contributed by atoms with Gasteiger partial charge in [0.15, 0.2) is 6.04 Å². The number of rotatable bonds is 5. The Morgan fingerprint density at radius 2 is 1.60 bits per heavy atom. The molecule has 2 aliphatic rings. The van der Waals surface area contributed by atoms with E-state index < -0.39 is 4.92 Å².